The summed E-state index contributed by atoms with van der Waals surface area (Å²) in [6, 6.07) is 4.52. The molecule has 0 unspecified atom stereocenters. The van der Waals surface area contributed by atoms with E-state index in [2.05, 4.69) is 5.32 Å². The summed E-state index contributed by atoms with van der Waals surface area (Å²) in [5, 5.41) is 4.82. The van der Waals surface area contributed by atoms with Crippen LogP contribution in [0.15, 0.2) is 29.2 Å². The van der Waals surface area contributed by atoms with Gasteiger partial charge in [-0.1, -0.05) is 13.8 Å². The van der Waals surface area contributed by atoms with Crippen LogP contribution in [-0.2, 0) is 14.8 Å². The third-order valence-electron chi connectivity index (χ3n) is 3.44. The molecule has 0 aliphatic heterocycles. The number of alkyl halides is 3. The van der Waals surface area contributed by atoms with E-state index in [1.165, 1.54) is 16.4 Å². The highest BCUT2D eigenvalue weighted by Gasteiger charge is 2.38. The monoisotopic (exact) mass is 395 g/mol. The number of benzene rings is 1. The Balaban J connectivity index is 2.94. The van der Waals surface area contributed by atoms with Crippen LogP contribution >= 0.6 is 0 Å². The van der Waals surface area contributed by atoms with Gasteiger partial charge in [0.2, 0.25) is 10.0 Å². The number of nitrogens with one attached hydrogen (secondary N) is 2. The van der Waals surface area contributed by atoms with E-state index in [4.69, 9.17) is 0 Å². The van der Waals surface area contributed by atoms with Gasteiger partial charge in [0.15, 0.2) is 0 Å². The smallest absolute Gasteiger partial charge is 0.318 e. The van der Waals surface area contributed by atoms with Gasteiger partial charge >= 0.3 is 12.1 Å². The molecule has 1 aromatic rings. The van der Waals surface area contributed by atoms with Crippen molar-refractivity contribution in [2.75, 3.05) is 18.4 Å². The first-order valence-corrected chi connectivity index (χ1v) is 9.53. The maximum Gasteiger partial charge on any atom is 0.471 e. The third kappa shape index (κ3) is 6.26. The molecule has 0 aliphatic rings. The number of hydrogen-bond donors (Lipinski definition) is 2. The molecule has 10 heteroatoms. The van der Waals surface area contributed by atoms with Crippen LogP contribution in [0.25, 0.3) is 0 Å². The van der Waals surface area contributed by atoms with Crippen molar-refractivity contribution in [3.63, 3.8) is 0 Å². The maximum atomic E-state index is 12.8. The number of amides is 1. The van der Waals surface area contributed by atoms with Crippen LogP contribution in [0.2, 0.25) is 0 Å². The SMILES string of the molecule is CC(C)NCCN(C(C)C)S(=O)(=O)c1ccc(NC(=O)C(F)(F)F)cc1. The van der Waals surface area contributed by atoms with Gasteiger partial charge in [0.05, 0.1) is 4.90 Å². The lowest BCUT2D eigenvalue weighted by Gasteiger charge is -2.26. The number of rotatable bonds is 8. The van der Waals surface area contributed by atoms with Gasteiger partial charge < -0.3 is 10.6 Å². The van der Waals surface area contributed by atoms with Crippen molar-refractivity contribution < 1.29 is 26.4 Å². The summed E-state index contributed by atoms with van der Waals surface area (Å²) < 4.78 is 63.6. The van der Waals surface area contributed by atoms with Crippen molar-refractivity contribution in [2.45, 2.75) is 50.9 Å². The normalized spacial score (nSPS) is 12.8. The van der Waals surface area contributed by atoms with Gasteiger partial charge in [0.25, 0.3) is 0 Å². The second-order valence-electron chi connectivity index (χ2n) is 6.29. The molecule has 0 fully saturated rings. The average molecular weight is 395 g/mol. The van der Waals surface area contributed by atoms with Crippen molar-refractivity contribution in [1.82, 2.24) is 9.62 Å². The number of sulfonamides is 1. The highest BCUT2D eigenvalue weighted by atomic mass is 32.2. The number of carbonyl (C=O) groups is 1. The lowest BCUT2D eigenvalue weighted by Crippen LogP contribution is -2.42. The fourth-order valence-corrected chi connectivity index (χ4v) is 3.80. The molecule has 0 bridgehead atoms. The standard InChI is InChI=1S/C16H24F3N3O3S/c1-11(2)20-9-10-22(12(3)4)26(24,25)14-7-5-13(6-8-14)21-15(23)16(17,18)19/h5-8,11-12,20H,9-10H2,1-4H3,(H,21,23). The number of carbonyl (C=O) groups excluding carboxylic acids is 1. The molecule has 0 atom stereocenters. The largest absolute Gasteiger partial charge is 0.471 e. The molecular weight excluding hydrogens is 371 g/mol. The van der Waals surface area contributed by atoms with Crippen molar-refractivity contribution >= 4 is 21.6 Å². The van der Waals surface area contributed by atoms with Crippen LogP contribution in [-0.4, -0.2) is 50.0 Å². The molecule has 1 rings (SSSR count). The molecule has 6 nitrogen and oxygen atoms in total. The number of nitrogens with zero attached hydrogens (tertiary/aromatic N) is 1. The molecule has 0 spiro atoms. The highest BCUT2D eigenvalue weighted by Crippen LogP contribution is 2.22. The quantitative estimate of drug-likeness (QED) is 0.709. The van der Waals surface area contributed by atoms with Gasteiger partial charge in [-0.3, -0.25) is 4.79 Å². The third-order valence-corrected chi connectivity index (χ3v) is 5.53. The van der Waals surface area contributed by atoms with Crippen LogP contribution in [0.1, 0.15) is 27.7 Å². The van der Waals surface area contributed by atoms with Gasteiger partial charge in [0.1, 0.15) is 0 Å². The van der Waals surface area contributed by atoms with Crippen LogP contribution in [0.5, 0.6) is 0 Å². The Bertz CT molecular complexity index is 702. The molecule has 1 aromatic carbocycles. The molecule has 1 amide bonds. The molecule has 0 radical (unpaired) electrons. The molecular formula is C16H24F3N3O3S. The maximum absolute atomic E-state index is 12.8. The second-order valence-corrected chi connectivity index (χ2v) is 8.19. The molecule has 0 aromatic heterocycles. The van der Waals surface area contributed by atoms with Gasteiger partial charge in [-0.05, 0) is 38.1 Å². The van der Waals surface area contributed by atoms with E-state index in [1.54, 1.807) is 19.2 Å². The van der Waals surface area contributed by atoms with Crippen molar-refractivity contribution in [2.24, 2.45) is 0 Å². The van der Waals surface area contributed by atoms with Crippen LogP contribution in [0.3, 0.4) is 0 Å². The van der Waals surface area contributed by atoms with E-state index in [0.29, 0.717) is 6.54 Å². The minimum atomic E-state index is -5.01. The van der Waals surface area contributed by atoms with Gasteiger partial charge in [-0.2, -0.15) is 17.5 Å². The topological polar surface area (TPSA) is 78.5 Å². The Morgan fingerprint density at radius 3 is 2.08 bits per heavy atom. The van der Waals surface area contributed by atoms with Gasteiger partial charge in [-0.15, -0.1) is 0 Å². The fourth-order valence-electron chi connectivity index (χ4n) is 2.17. The predicted molar refractivity (Wildman–Crippen MR) is 93.3 cm³/mol. The number of anilines is 1. The molecule has 2 N–H and O–H groups in total. The van der Waals surface area contributed by atoms with Gasteiger partial charge in [-0.25, -0.2) is 8.42 Å². The second kappa shape index (κ2) is 8.83. The molecule has 148 valence electrons. The summed E-state index contributed by atoms with van der Waals surface area (Å²) in [7, 11) is -3.81. The van der Waals surface area contributed by atoms with Crippen LogP contribution in [0.4, 0.5) is 18.9 Å². The summed E-state index contributed by atoms with van der Waals surface area (Å²) in [4.78, 5) is 10.9. The molecule has 26 heavy (non-hydrogen) atoms. The van der Waals surface area contributed by atoms with E-state index in [9.17, 15) is 26.4 Å². The van der Waals surface area contributed by atoms with Crippen molar-refractivity contribution in [1.29, 1.82) is 0 Å². The molecule has 0 aliphatic carbocycles. The zero-order chi connectivity index (χ0) is 20.1. The van der Waals surface area contributed by atoms with E-state index in [0.717, 1.165) is 12.1 Å². The minimum absolute atomic E-state index is 0.0549. The zero-order valence-electron chi connectivity index (χ0n) is 15.1. The van der Waals surface area contributed by atoms with E-state index in [-0.39, 0.29) is 29.2 Å². The fraction of sp³-hybridized carbons (Fsp3) is 0.562. The lowest BCUT2D eigenvalue weighted by atomic mass is 10.3. The first-order valence-electron chi connectivity index (χ1n) is 8.09. The van der Waals surface area contributed by atoms with E-state index < -0.39 is 22.1 Å². The van der Waals surface area contributed by atoms with Crippen molar-refractivity contribution in [3.05, 3.63) is 24.3 Å². The Labute approximate surface area is 151 Å². The summed E-state index contributed by atoms with van der Waals surface area (Å²) >= 11 is 0. The van der Waals surface area contributed by atoms with Crippen molar-refractivity contribution in [3.8, 4) is 0 Å². The minimum Gasteiger partial charge on any atom is -0.318 e. The Kier molecular flexibility index (Phi) is 7.60. The van der Waals surface area contributed by atoms with Crippen LogP contribution < -0.4 is 10.6 Å². The lowest BCUT2D eigenvalue weighted by molar-refractivity contribution is -0.167. The molecule has 0 heterocycles. The summed E-state index contributed by atoms with van der Waals surface area (Å²) in [5.74, 6) is -2.11. The number of halogens is 3. The summed E-state index contributed by atoms with van der Waals surface area (Å²) in [6.45, 7) is 8.10. The molecule has 0 saturated carbocycles. The first-order chi connectivity index (χ1) is 11.9. The summed E-state index contributed by atoms with van der Waals surface area (Å²) in [5.41, 5.74) is -0.135. The zero-order valence-corrected chi connectivity index (χ0v) is 15.9. The summed E-state index contributed by atoms with van der Waals surface area (Å²) in [6.07, 6.45) is -5.01. The highest BCUT2D eigenvalue weighted by molar-refractivity contribution is 7.89. The Hall–Kier alpha value is -1.65. The first kappa shape index (κ1) is 22.4. The van der Waals surface area contributed by atoms with Gasteiger partial charge in [0, 0.05) is 30.9 Å². The average Bonchev–Trinajstić information content (AvgIpc) is 2.50. The Morgan fingerprint density at radius 2 is 1.65 bits per heavy atom. The van der Waals surface area contributed by atoms with E-state index in [1.807, 2.05) is 13.8 Å². The predicted octanol–water partition coefficient (Wildman–Crippen LogP) is 2.58. The van der Waals surface area contributed by atoms with Crippen LogP contribution in [0, 0.1) is 0 Å². The molecule has 0 saturated heterocycles. The van der Waals surface area contributed by atoms with E-state index >= 15 is 0 Å². The number of hydrogen-bond acceptors (Lipinski definition) is 4. The Morgan fingerprint density at radius 1 is 1.12 bits per heavy atom.